The van der Waals surface area contributed by atoms with Crippen LogP contribution in [0.15, 0.2) is 30.3 Å². The molecule has 0 radical (unpaired) electrons. The number of hydrogen-bond donors (Lipinski definition) is 1. The highest BCUT2D eigenvalue weighted by atomic mass is 16.4. The fourth-order valence-corrected chi connectivity index (χ4v) is 1.33. The van der Waals surface area contributed by atoms with Gasteiger partial charge in [-0.25, -0.2) is 4.79 Å². The molecule has 1 aromatic carbocycles. The molecule has 0 saturated carbocycles. The molecule has 0 amide bonds. The average Bonchev–Trinajstić information content (AvgIpc) is 2.29. The number of aryl methyl sites for hydroxylation is 1. The third kappa shape index (κ3) is 3.65. The van der Waals surface area contributed by atoms with Gasteiger partial charge >= 0.3 is 11.8 Å². The lowest BCUT2D eigenvalue weighted by atomic mass is 10.1. The Morgan fingerprint density at radius 2 is 1.69 bits per heavy atom. The predicted octanol–water partition coefficient (Wildman–Crippen LogP) is 1.23. The summed E-state index contributed by atoms with van der Waals surface area (Å²) in [5.41, 5.74) is 1.07. The van der Waals surface area contributed by atoms with E-state index in [4.69, 9.17) is 5.11 Å². The van der Waals surface area contributed by atoms with Crippen molar-refractivity contribution in [1.82, 2.24) is 0 Å². The van der Waals surface area contributed by atoms with Crippen LogP contribution in [0.4, 0.5) is 0 Å². The quantitative estimate of drug-likeness (QED) is 0.578. The van der Waals surface area contributed by atoms with Crippen LogP contribution in [-0.4, -0.2) is 22.6 Å². The second kappa shape index (κ2) is 5.80. The van der Waals surface area contributed by atoms with Gasteiger partial charge < -0.3 is 5.11 Å². The Balaban J connectivity index is 2.34. The minimum atomic E-state index is -1.68. The third-order valence-corrected chi connectivity index (χ3v) is 2.16. The Labute approximate surface area is 92.9 Å². The molecule has 0 aliphatic rings. The first-order valence-electron chi connectivity index (χ1n) is 4.95. The van der Waals surface area contributed by atoms with E-state index in [0.29, 0.717) is 12.8 Å². The topological polar surface area (TPSA) is 71.4 Å². The standard InChI is InChI=1S/C12H12O4/c13-10(11(14)12(15)16)8-4-7-9-5-2-1-3-6-9/h1-3,5-6H,4,7-8H2,(H,15,16). The van der Waals surface area contributed by atoms with Crippen LogP contribution in [-0.2, 0) is 20.8 Å². The molecule has 16 heavy (non-hydrogen) atoms. The molecule has 0 fully saturated rings. The van der Waals surface area contributed by atoms with Crippen LogP contribution in [0.25, 0.3) is 0 Å². The van der Waals surface area contributed by atoms with Gasteiger partial charge in [0.25, 0.3) is 0 Å². The van der Waals surface area contributed by atoms with Gasteiger partial charge in [0.05, 0.1) is 0 Å². The second-order valence-corrected chi connectivity index (χ2v) is 3.40. The van der Waals surface area contributed by atoms with Gasteiger partial charge in [-0.2, -0.15) is 0 Å². The molecular weight excluding hydrogens is 208 g/mol. The molecule has 84 valence electrons. The van der Waals surface area contributed by atoms with Gasteiger partial charge in [-0.15, -0.1) is 0 Å². The van der Waals surface area contributed by atoms with Crippen molar-refractivity contribution in [2.24, 2.45) is 0 Å². The Morgan fingerprint density at radius 3 is 2.25 bits per heavy atom. The number of benzene rings is 1. The predicted molar refractivity (Wildman–Crippen MR) is 57.0 cm³/mol. The number of carbonyl (C=O) groups excluding carboxylic acids is 2. The Hall–Kier alpha value is -1.97. The van der Waals surface area contributed by atoms with Crippen LogP contribution in [0.1, 0.15) is 18.4 Å². The summed E-state index contributed by atoms with van der Waals surface area (Å²) in [4.78, 5) is 32.0. The number of carboxylic acid groups (broad SMARTS) is 1. The Kier molecular flexibility index (Phi) is 4.39. The smallest absolute Gasteiger partial charge is 0.380 e. The highest BCUT2D eigenvalue weighted by Crippen LogP contribution is 2.05. The number of carboxylic acids is 1. The van der Waals surface area contributed by atoms with Crippen LogP contribution in [0, 0.1) is 0 Å². The van der Waals surface area contributed by atoms with Crippen LogP contribution in [0.3, 0.4) is 0 Å². The highest BCUT2D eigenvalue weighted by Gasteiger charge is 2.20. The van der Waals surface area contributed by atoms with E-state index in [2.05, 4.69) is 0 Å². The maximum atomic E-state index is 11.0. The van der Waals surface area contributed by atoms with E-state index < -0.39 is 17.5 Å². The molecule has 1 N–H and O–H groups in total. The summed E-state index contributed by atoms with van der Waals surface area (Å²) in [6.07, 6.45) is 1.14. The summed E-state index contributed by atoms with van der Waals surface area (Å²) < 4.78 is 0. The van der Waals surface area contributed by atoms with Gasteiger partial charge in [-0.05, 0) is 18.4 Å². The van der Waals surface area contributed by atoms with Crippen molar-refractivity contribution >= 4 is 17.5 Å². The molecule has 0 atom stereocenters. The van der Waals surface area contributed by atoms with Crippen LogP contribution < -0.4 is 0 Å². The second-order valence-electron chi connectivity index (χ2n) is 3.40. The van der Waals surface area contributed by atoms with Crippen LogP contribution in [0.5, 0.6) is 0 Å². The minimum absolute atomic E-state index is 0.0139. The number of aliphatic carboxylic acids is 1. The first kappa shape index (κ1) is 12.1. The van der Waals surface area contributed by atoms with Gasteiger partial charge in [0, 0.05) is 6.42 Å². The average molecular weight is 220 g/mol. The van der Waals surface area contributed by atoms with E-state index in [-0.39, 0.29) is 6.42 Å². The lowest BCUT2D eigenvalue weighted by molar-refractivity contribution is -0.152. The van der Waals surface area contributed by atoms with Gasteiger partial charge in [0.15, 0.2) is 0 Å². The molecule has 0 unspecified atom stereocenters. The maximum Gasteiger partial charge on any atom is 0.380 e. The first-order valence-corrected chi connectivity index (χ1v) is 4.95. The van der Waals surface area contributed by atoms with Gasteiger partial charge in [0.2, 0.25) is 5.78 Å². The Bertz CT molecular complexity index is 395. The van der Waals surface area contributed by atoms with Gasteiger partial charge in [0.1, 0.15) is 0 Å². The first-order chi connectivity index (χ1) is 7.61. The van der Waals surface area contributed by atoms with Crippen molar-refractivity contribution in [2.75, 3.05) is 0 Å². The molecule has 0 heterocycles. The molecule has 4 nitrogen and oxygen atoms in total. The van der Waals surface area contributed by atoms with Crippen LogP contribution in [0.2, 0.25) is 0 Å². The fraction of sp³-hybridized carbons (Fsp3) is 0.250. The lowest BCUT2D eigenvalue weighted by Crippen LogP contribution is -2.23. The molecule has 0 spiro atoms. The number of hydrogen-bond acceptors (Lipinski definition) is 3. The number of ketones is 2. The van der Waals surface area contributed by atoms with Gasteiger partial charge in [-0.3, -0.25) is 9.59 Å². The minimum Gasteiger partial charge on any atom is -0.475 e. The largest absolute Gasteiger partial charge is 0.475 e. The van der Waals surface area contributed by atoms with Crippen LogP contribution >= 0.6 is 0 Å². The van der Waals surface area contributed by atoms with Crippen molar-refractivity contribution in [2.45, 2.75) is 19.3 Å². The van der Waals surface area contributed by atoms with Crippen molar-refractivity contribution in [3.8, 4) is 0 Å². The summed E-state index contributed by atoms with van der Waals surface area (Å²) >= 11 is 0. The molecule has 4 heteroatoms. The molecular formula is C12H12O4. The van der Waals surface area contributed by atoms with E-state index in [9.17, 15) is 14.4 Å². The van der Waals surface area contributed by atoms with E-state index in [1.807, 2.05) is 30.3 Å². The monoisotopic (exact) mass is 220 g/mol. The zero-order valence-electron chi connectivity index (χ0n) is 8.68. The van der Waals surface area contributed by atoms with Crippen molar-refractivity contribution < 1.29 is 19.5 Å². The Morgan fingerprint density at radius 1 is 1.06 bits per heavy atom. The fourth-order valence-electron chi connectivity index (χ4n) is 1.33. The summed E-state index contributed by atoms with van der Waals surface area (Å²) in [6, 6.07) is 9.51. The summed E-state index contributed by atoms with van der Waals surface area (Å²) in [5, 5.41) is 8.30. The molecule has 0 aliphatic carbocycles. The highest BCUT2D eigenvalue weighted by molar-refractivity contribution is 6.61. The van der Waals surface area contributed by atoms with E-state index in [1.165, 1.54) is 0 Å². The SMILES string of the molecule is O=C(O)C(=O)C(=O)CCCc1ccccc1. The van der Waals surface area contributed by atoms with E-state index in [1.54, 1.807) is 0 Å². The van der Waals surface area contributed by atoms with Crippen molar-refractivity contribution in [3.63, 3.8) is 0 Å². The number of rotatable bonds is 6. The molecule has 0 aromatic heterocycles. The zero-order valence-corrected chi connectivity index (χ0v) is 8.68. The summed E-state index contributed by atoms with van der Waals surface area (Å²) in [6.45, 7) is 0. The maximum absolute atomic E-state index is 11.0. The van der Waals surface area contributed by atoms with Crippen molar-refractivity contribution in [3.05, 3.63) is 35.9 Å². The molecule has 0 bridgehead atoms. The third-order valence-electron chi connectivity index (χ3n) is 2.16. The summed E-state index contributed by atoms with van der Waals surface area (Å²) in [5.74, 6) is -3.83. The van der Waals surface area contributed by atoms with Crippen molar-refractivity contribution in [1.29, 1.82) is 0 Å². The lowest BCUT2D eigenvalue weighted by Gasteiger charge is -1.99. The zero-order chi connectivity index (χ0) is 12.0. The van der Waals surface area contributed by atoms with Gasteiger partial charge in [-0.1, -0.05) is 30.3 Å². The molecule has 0 aliphatic heterocycles. The number of Topliss-reactive ketones (excluding diaryl/α,β-unsaturated/α-hetero) is 2. The molecule has 1 rings (SSSR count). The van der Waals surface area contributed by atoms with E-state index in [0.717, 1.165) is 5.56 Å². The van der Waals surface area contributed by atoms with E-state index >= 15 is 0 Å². The number of carbonyl (C=O) groups is 3. The molecule has 0 saturated heterocycles. The molecule has 1 aromatic rings. The normalized spacial score (nSPS) is 9.75. The summed E-state index contributed by atoms with van der Waals surface area (Å²) in [7, 11) is 0.